The van der Waals surface area contributed by atoms with Crippen LogP contribution in [0.5, 0.6) is 5.75 Å². The number of benzene rings is 1. The molecule has 0 aliphatic heterocycles. The largest absolute Gasteiger partial charge is 0.573 e. The molecule has 21 heavy (non-hydrogen) atoms. The number of hydrazine groups is 1. The lowest BCUT2D eigenvalue weighted by atomic mass is 10.00. The monoisotopic (exact) mass is 300 g/mol. The van der Waals surface area contributed by atoms with Gasteiger partial charge in [-0.15, -0.1) is 13.2 Å². The average molecular weight is 300 g/mol. The van der Waals surface area contributed by atoms with Gasteiger partial charge < -0.3 is 4.74 Å². The van der Waals surface area contributed by atoms with Crippen molar-refractivity contribution in [2.45, 2.75) is 19.3 Å². The van der Waals surface area contributed by atoms with Crippen molar-refractivity contribution >= 4 is 0 Å². The van der Waals surface area contributed by atoms with Crippen LogP contribution in [0.3, 0.4) is 0 Å². The van der Waals surface area contributed by atoms with Crippen LogP contribution >= 0.6 is 0 Å². The van der Waals surface area contributed by atoms with Gasteiger partial charge in [0.25, 0.3) is 0 Å². The number of nitrogens with zero attached hydrogens (tertiary/aromatic N) is 2. The maximum absolute atomic E-state index is 12.3. The highest BCUT2D eigenvalue weighted by atomic mass is 19.4. The third-order valence-corrected chi connectivity index (χ3v) is 3.18. The van der Waals surface area contributed by atoms with Gasteiger partial charge in [0.15, 0.2) is 0 Å². The van der Waals surface area contributed by atoms with Crippen molar-refractivity contribution in [3.8, 4) is 5.75 Å². The van der Waals surface area contributed by atoms with Gasteiger partial charge in [-0.05, 0) is 24.6 Å². The van der Waals surface area contributed by atoms with Gasteiger partial charge >= 0.3 is 6.36 Å². The van der Waals surface area contributed by atoms with Crippen LogP contribution in [-0.4, -0.2) is 16.1 Å². The van der Waals surface area contributed by atoms with E-state index in [4.69, 9.17) is 5.84 Å². The van der Waals surface area contributed by atoms with E-state index in [9.17, 15) is 13.2 Å². The summed E-state index contributed by atoms with van der Waals surface area (Å²) in [5.41, 5.74) is 4.78. The van der Waals surface area contributed by atoms with Gasteiger partial charge in [0.05, 0.1) is 12.2 Å². The fraction of sp³-hybridized carbons (Fsp3) is 0.308. The van der Waals surface area contributed by atoms with Gasteiger partial charge in [-0.3, -0.25) is 10.5 Å². The summed E-state index contributed by atoms with van der Waals surface area (Å²) in [4.78, 5) is 0. The number of nitrogens with two attached hydrogens (primary N) is 1. The second kappa shape index (κ2) is 5.74. The molecular formula is C13H15F3N4O. The second-order valence-electron chi connectivity index (χ2n) is 4.53. The molecule has 1 aromatic carbocycles. The Labute approximate surface area is 119 Å². The minimum Gasteiger partial charge on any atom is -0.406 e. The summed E-state index contributed by atoms with van der Waals surface area (Å²) in [5.74, 6) is 5.25. The van der Waals surface area contributed by atoms with E-state index in [0.29, 0.717) is 5.56 Å². The van der Waals surface area contributed by atoms with E-state index in [2.05, 4.69) is 15.3 Å². The maximum Gasteiger partial charge on any atom is 0.573 e. The van der Waals surface area contributed by atoms with Gasteiger partial charge in [0.1, 0.15) is 5.75 Å². The second-order valence-corrected chi connectivity index (χ2v) is 4.53. The van der Waals surface area contributed by atoms with E-state index in [1.165, 1.54) is 18.2 Å². The molecule has 0 bridgehead atoms. The number of alkyl halides is 3. The van der Waals surface area contributed by atoms with Crippen LogP contribution < -0.4 is 16.0 Å². The zero-order valence-corrected chi connectivity index (χ0v) is 11.5. The Hall–Kier alpha value is -2.06. The summed E-state index contributed by atoms with van der Waals surface area (Å²) in [7, 11) is 1.77. The Morgan fingerprint density at radius 3 is 2.62 bits per heavy atom. The Bertz CT molecular complexity index is 624. The van der Waals surface area contributed by atoms with Crippen LogP contribution in [-0.2, 0) is 7.05 Å². The molecule has 2 rings (SSSR count). The van der Waals surface area contributed by atoms with Gasteiger partial charge in [-0.2, -0.15) is 5.10 Å². The van der Waals surface area contributed by atoms with Crippen molar-refractivity contribution < 1.29 is 17.9 Å². The average Bonchev–Trinajstić information content (AvgIpc) is 2.71. The van der Waals surface area contributed by atoms with Crippen molar-refractivity contribution in [3.05, 3.63) is 47.3 Å². The topological polar surface area (TPSA) is 65.1 Å². The first kappa shape index (κ1) is 15.3. The molecule has 2 aromatic rings. The van der Waals surface area contributed by atoms with Crippen LogP contribution in [0.2, 0.25) is 0 Å². The summed E-state index contributed by atoms with van der Waals surface area (Å²) in [5, 5.41) is 4.10. The van der Waals surface area contributed by atoms with Crippen LogP contribution in [0.4, 0.5) is 13.2 Å². The molecule has 0 saturated heterocycles. The van der Waals surface area contributed by atoms with E-state index < -0.39 is 12.4 Å². The van der Waals surface area contributed by atoms with E-state index in [1.54, 1.807) is 24.0 Å². The van der Waals surface area contributed by atoms with Gasteiger partial charge in [0, 0.05) is 18.3 Å². The van der Waals surface area contributed by atoms with Gasteiger partial charge in [0.2, 0.25) is 0 Å². The fourth-order valence-electron chi connectivity index (χ4n) is 2.06. The number of ether oxygens (including phenoxy) is 1. The number of hydrogen-bond donors (Lipinski definition) is 2. The molecule has 3 N–H and O–H groups in total. The van der Waals surface area contributed by atoms with E-state index in [1.807, 2.05) is 6.92 Å². The summed E-state index contributed by atoms with van der Waals surface area (Å²) >= 11 is 0. The van der Waals surface area contributed by atoms with Gasteiger partial charge in [-0.1, -0.05) is 12.1 Å². The highest BCUT2D eigenvalue weighted by Gasteiger charge is 2.31. The SMILES string of the molecule is Cc1c(C(NN)c2cccc(OC(F)(F)F)c2)cnn1C. The molecule has 0 aliphatic carbocycles. The first-order valence-electron chi connectivity index (χ1n) is 6.12. The van der Waals surface area contributed by atoms with Crippen molar-refractivity contribution in [1.82, 2.24) is 15.2 Å². The molecule has 0 saturated carbocycles. The maximum atomic E-state index is 12.3. The number of aryl methyl sites for hydroxylation is 1. The summed E-state index contributed by atoms with van der Waals surface area (Å²) in [6.45, 7) is 1.85. The fourth-order valence-corrected chi connectivity index (χ4v) is 2.06. The number of rotatable bonds is 4. The zero-order chi connectivity index (χ0) is 15.6. The molecule has 114 valence electrons. The number of halogens is 3. The molecule has 0 radical (unpaired) electrons. The van der Waals surface area contributed by atoms with E-state index in [-0.39, 0.29) is 5.75 Å². The smallest absolute Gasteiger partial charge is 0.406 e. The lowest BCUT2D eigenvalue weighted by Gasteiger charge is -2.17. The van der Waals surface area contributed by atoms with Crippen LogP contribution in [0, 0.1) is 6.92 Å². The Morgan fingerprint density at radius 2 is 2.10 bits per heavy atom. The molecule has 1 unspecified atom stereocenters. The van der Waals surface area contributed by atoms with Crippen molar-refractivity contribution in [2.24, 2.45) is 12.9 Å². The number of hydrogen-bond acceptors (Lipinski definition) is 4. The quantitative estimate of drug-likeness (QED) is 0.671. The molecule has 8 heteroatoms. The van der Waals surface area contributed by atoms with Gasteiger partial charge in [-0.25, -0.2) is 5.43 Å². The molecule has 0 fully saturated rings. The lowest BCUT2D eigenvalue weighted by molar-refractivity contribution is -0.274. The Balaban J connectivity index is 2.35. The summed E-state index contributed by atoms with van der Waals surface area (Å²) in [6.07, 6.45) is -3.11. The summed E-state index contributed by atoms with van der Waals surface area (Å²) < 4.78 is 42.4. The highest BCUT2D eigenvalue weighted by molar-refractivity contribution is 5.37. The third-order valence-electron chi connectivity index (χ3n) is 3.18. The minimum absolute atomic E-state index is 0.290. The molecule has 0 spiro atoms. The van der Waals surface area contributed by atoms with Crippen LogP contribution in [0.1, 0.15) is 22.9 Å². The van der Waals surface area contributed by atoms with E-state index >= 15 is 0 Å². The van der Waals surface area contributed by atoms with Crippen molar-refractivity contribution in [3.63, 3.8) is 0 Å². The van der Waals surface area contributed by atoms with Crippen molar-refractivity contribution in [2.75, 3.05) is 0 Å². The molecule has 1 aromatic heterocycles. The van der Waals surface area contributed by atoms with E-state index in [0.717, 1.165) is 11.3 Å². The molecule has 0 amide bonds. The molecule has 0 aliphatic rings. The number of nitrogens with one attached hydrogen (secondary N) is 1. The summed E-state index contributed by atoms with van der Waals surface area (Å²) in [6, 6.07) is 5.20. The standard InChI is InChI=1S/C13H15F3N4O/c1-8-11(7-18-20(8)2)12(19-17)9-4-3-5-10(6-9)21-13(14,15)16/h3-7,12,19H,17H2,1-2H3. The highest BCUT2D eigenvalue weighted by Crippen LogP contribution is 2.29. The predicted molar refractivity (Wildman–Crippen MR) is 70.2 cm³/mol. The first-order valence-corrected chi connectivity index (χ1v) is 6.12. The molecular weight excluding hydrogens is 285 g/mol. The lowest BCUT2D eigenvalue weighted by Crippen LogP contribution is -2.29. The van der Waals surface area contributed by atoms with Crippen molar-refractivity contribution in [1.29, 1.82) is 0 Å². The predicted octanol–water partition coefficient (Wildman–Crippen LogP) is 2.18. The van der Waals surface area contributed by atoms with Crippen LogP contribution in [0.15, 0.2) is 30.5 Å². The Kier molecular flexibility index (Phi) is 4.19. The Morgan fingerprint density at radius 1 is 1.38 bits per heavy atom. The molecule has 1 heterocycles. The minimum atomic E-state index is -4.73. The third kappa shape index (κ3) is 3.53. The van der Waals surface area contributed by atoms with Crippen LogP contribution in [0.25, 0.3) is 0 Å². The molecule has 5 nitrogen and oxygen atoms in total. The number of aromatic nitrogens is 2. The normalized spacial score (nSPS) is 13.2. The molecule has 1 atom stereocenters. The zero-order valence-electron chi connectivity index (χ0n) is 11.5. The first-order chi connectivity index (χ1) is 9.81.